The Bertz CT molecular complexity index is 814. The Labute approximate surface area is 140 Å². The van der Waals surface area contributed by atoms with Gasteiger partial charge in [0, 0.05) is 25.2 Å². The lowest BCUT2D eigenvalue weighted by Crippen LogP contribution is -2.35. The summed E-state index contributed by atoms with van der Waals surface area (Å²) in [6.07, 6.45) is 1.29. The molecular weight excluding hydrogens is 332 g/mol. The number of hydrogen-bond acceptors (Lipinski definition) is 4. The molecule has 0 bridgehead atoms. The molecule has 1 amide bonds. The Morgan fingerprint density at radius 2 is 2.13 bits per heavy atom. The van der Waals surface area contributed by atoms with Gasteiger partial charge in [0.25, 0.3) is 10.0 Å². The first-order chi connectivity index (χ1) is 11.0. The number of sulfonamides is 1. The molecule has 1 aliphatic rings. The lowest BCUT2D eigenvalue weighted by molar-refractivity contribution is -0.131. The van der Waals surface area contributed by atoms with E-state index in [0.29, 0.717) is 18.7 Å². The van der Waals surface area contributed by atoms with E-state index in [2.05, 4.69) is 4.72 Å². The summed E-state index contributed by atoms with van der Waals surface area (Å²) in [6.45, 7) is 3.11. The second-order valence-corrected chi connectivity index (χ2v) is 8.30. The monoisotopic (exact) mass is 350 g/mol. The number of nitrogens with one attached hydrogen (secondary N) is 1. The Morgan fingerprint density at radius 3 is 2.83 bits per heavy atom. The molecule has 0 fully saturated rings. The third-order valence-corrected chi connectivity index (χ3v) is 6.66. The number of hydrogen-bond donors (Lipinski definition) is 1. The second kappa shape index (κ2) is 6.33. The minimum Gasteiger partial charge on any atom is -0.338 e. The first-order valence-electron chi connectivity index (χ1n) is 7.45. The molecule has 3 rings (SSSR count). The number of carbonyl (C=O) groups is 1. The van der Waals surface area contributed by atoms with Gasteiger partial charge in [-0.2, -0.15) is 0 Å². The summed E-state index contributed by atoms with van der Waals surface area (Å²) in [5, 5.41) is 1.73. The van der Waals surface area contributed by atoms with E-state index in [1.165, 1.54) is 16.9 Å². The fraction of sp³-hybridized carbons (Fsp3) is 0.312. The number of fused-ring (bicyclic) bond motifs is 1. The standard InChI is InChI=1S/C16H18N2O3S2/c1-2-15(19)18-8-7-12-5-6-14(10-13(12)11-18)17-23(20,21)16-4-3-9-22-16/h3-6,9-10,17H,2,7-8,11H2,1H3. The number of rotatable bonds is 4. The quantitative estimate of drug-likeness (QED) is 0.922. The van der Waals surface area contributed by atoms with Crippen LogP contribution in [0.2, 0.25) is 0 Å². The molecule has 1 aliphatic heterocycles. The number of benzene rings is 1. The van der Waals surface area contributed by atoms with Crippen LogP contribution in [-0.2, 0) is 27.8 Å². The van der Waals surface area contributed by atoms with Gasteiger partial charge in [0.1, 0.15) is 4.21 Å². The highest BCUT2D eigenvalue weighted by atomic mass is 32.2. The van der Waals surface area contributed by atoms with Crippen LogP contribution in [-0.4, -0.2) is 25.8 Å². The maximum Gasteiger partial charge on any atom is 0.271 e. The Morgan fingerprint density at radius 1 is 1.30 bits per heavy atom. The van der Waals surface area contributed by atoms with Crippen molar-refractivity contribution in [2.24, 2.45) is 0 Å². The van der Waals surface area contributed by atoms with Crippen LogP contribution in [0.1, 0.15) is 24.5 Å². The summed E-state index contributed by atoms with van der Waals surface area (Å²) >= 11 is 1.18. The Hall–Kier alpha value is -1.86. The summed E-state index contributed by atoms with van der Waals surface area (Å²) in [4.78, 5) is 13.7. The van der Waals surface area contributed by atoms with Crippen LogP contribution in [0.15, 0.2) is 39.9 Å². The molecule has 1 aromatic carbocycles. The Balaban J connectivity index is 1.83. The van der Waals surface area contributed by atoms with Crippen LogP contribution in [0.5, 0.6) is 0 Å². The van der Waals surface area contributed by atoms with E-state index in [0.717, 1.165) is 18.5 Å². The van der Waals surface area contributed by atoms with Crippen molar-refractivity contribution in [3.05, 3.63) is 46.8 Å². The van der Waals surface area contributed by atoms with E-state index in [9.17, 15) is 13.2 Å². The lowest BCUT2D eigenvalue weighted by atomic mass is 9.99. The largest absolute Gasteiger partial charge is 0.338 e. The molecule has 0 unspecified atom stereocenters. The van der Waals surface area contributed by atoms with Crippen LogP contribution in [0, 0.1) is 0 Å². The molecule has 2 heterocycles. The molecule has 23 heavy (non-hydrogen) atoms. The molecule has 7 heteroatoms. The molecular formula is C16H18N2O3S2. The van der Waals surface area contributed by atoms with E-state index >= 15 is 0 Å². The summed E-state index contributed by atoms with van der Waals surface area (Å²) in [7, 11) is -3.54. The molecule has 0 aliphatic carbocycles. The van der Waals surface area contributed by atoms with E-state index in [1.54, 1.807) is 23.6 Å². The zero-order valence-corrected chi connectivity index (χ0v) is 14.4. The van der Waals surface area contributed by atoms with Gasteiger partial charge >= 0.3 is 0 Å². The van der Waals surface area contributed by atoms with Crippen molar-refractivity contribution in [3.8, 4) is 0 Å². The molecule has 2 aromatic rings. The molecule has 1 aromatic heterocycles. The summed E-state index contributed by atoms with van der Waals surface area (Å²) in [6, 6.07) is 8.83. The van der Waals surface area contributed by atoms with E-state index < -0.39 is 10.0 Å². The summed E-state index contributed by atoms with van der Waals surface area (Å²) in [5.41, 5.74) is 2.71. The van der Waals surface area contributed by atoms with Gasteiger partial charge in [-0.05, 0) is 41.1 Å². The third kappa shape index (κ3) is 3.40. The maximum absolute atomic E-state index is 12.3. The van der Waals surface area contributed by atoms with Gasteiger partial charge in [-0.1, -0.05) is 19.1 Å². The van der Waals surface area contributed by atoms with Crippen molar-refractivity contribution >= 4 is 33.0 Å². The van der Waals surface area contributed by atoms with Crippen molar-refractivity contribution in [3.63, 3.8) is 0 Å². The van der Waals surface area contributed by atoms with Gasteiger partial charge in [-0.25, -0.2) is 8.42 Å². The predicted octanol–water partition coefficient (Wildman–Crippen LogP) is 2.84. The highest BCUT2D eigenvalue weighted by molar-refractivity contribution is 7.94. The molecule has 1 N–H and O–H groups in total. The van der Waals surface area contributed by atoms with Crippen LogP contribution in [0.3, 0.4) is 0 Å². The first-order valence-corrected chi connectivity index (χ1v) is 9.82. The van der Waals surface area contributed by atoms with Crippen LogP contribution >= 0.6 is 11.3 Å². The van der Waals surface area contributed by atoms with Crippen LogP contribution < -0.4 is 4.72 Å². The SMILES string of the molecule is CCC(=O)N1CCc2ccc(NS(=O)(=O)c3cccs3)cc2C1. The summed E-state index contributed by atoms with van der Waals surface area (Å²) < 4.78 is 27.5. The number of carbonyl (C=O) groups excluding carboxylic acids is 1. The van der Waals surface area contributed by atoms with Gasteiger partial charge in [-0.3, -0.25) is 9.52 Å². The predicted molar refractivity (Wildman–Crippen MR) is 91.0 cm³/mol. The molecule has 0 radical (unpaired) electrons. The fourth-order valence-electron chi connectivity index (χ4n) is 2.68. The minimum atomic E-state index is -3.54. The average Bonchev–Trinajstić information content (AvgIpc) is 3.08. The second-order valence-electron chi connectivity index (χ2n) is 5.44. The summed E-state index contributed by atoms with van der Waals surface area (Å²) in [5.74, 6) is 0.125. The highest BCUT2D eigenvalue weighted by Gasteiger charge is 2.21. The van der Waals surface area contributed by atoms with Crippen molar-refractivity contribution in [2.45, 2.75) is 30.5 Å². The molecule has 0 saturated carbocycles. The van der Waals surface area contributed by atoms with Crippen molar-refractivity contribution in [1.29, 1.82) is 0 Å². The number of anilines is 1. The smallest absolute Gasteiger partial charge is 0.271 e. The van der Waals surface area contributed by atoms with Crippen LogP contribution in [0.25, 0.3) is 0 Å². The van der Waals surface area contributed by atoms with Gasteiger partial charge in [0.05, 0.1) is 0 Å². The van der Waals surface area contributed by atoms with Crippen molar-refractivity contribution in [1.82, 2.24) is 4.90 Å². The molecule has 0 spiro atoms. The number of nitrogens with zero attached hydrogens (tertiary/aromatic N) is 1. The van der Waals surface area contributed by atoms with Gasteiger partial charge in [-0.15, -0.1) is 11.3 Å². The topological polar surface area (TPSA) is 66.5 Å². The minimum absolute atomic E-state index is 0.125. The maximum atomic E-state index is 12.3. The normalized spacial score (nSPS) is 14.4. The molecule has 0 atom stereocenters. The van der Waals surface area contributed by atoms with Gasteiger partial charge < -0.3 is 4.90 Å². The van der Waals surface area contributed by atoms with E-state index in [1.807, 2.05) is 24.0 Å². The highest BCUT2D eigenvalue weighted by Crippen LogP contribution is 2.25. The number of amides is 1. The third-order valence-electron chi connectivity index (χ3n) is 3.89. The molecule has 0 saturated heterocycles. The van der Waals surface area contributed by atoms with E-state index in [-0.39, 0.29) is 10.1 Å². The molecule has 122 valence electrons. The van der Waals surface area contributed by atoms with Crippen LogP contribution in [0.4, 0.5) is 5.69 Å². The number of thiophene rings is 1. The van der Waals surface area contributed by atoms with Crippen molar-refractivity contribution in [2.75, 3.05) is 11.3 Å². The van der Waals surface area contributed by atoms with Gasteiger partial charge in [0.15, 0.2) is 0 Å². The van der Waals surface area contributed by atoms with Gasteiger partial charge in [0.2, 0.25) is 5.91 Å². The lowest BCUT2D eigenvalue weighted by Gasteiger charge is -2.29. The van der Waals surface area contributed by atoms with Crippen molar-refractivity contribution < 1.29 is 13.2 Å². The zero-order valence-electron chi connectivity index (χ0n) is 12.8. The first kappa shape index (κ1) is 16.0. The Kier molecular flexibility index (Phi) is 4.41. The zero-order chi connectivity index (χ0) is 16.4. The van der Waals surface area contributed by atoms with E-state index in [4.69, 9.17) is 0 Å². The molecule has 5 nitrogen and oxygen atoms in total. The fourth-order valence-corrected chi connectivity index (χ4v) is 4.72. The average molecular weight is 350 g/mol.